The largest absolute Gasteiger partial charge is 0.325 e. The Morgan fingerprint density at radius 3 is 2.53 bits per heavy atom. The van der Waals surface area contributed by atoms with Gasteiger partial charge in [0.2, 0.25) is 0 Å². The molecule has 0 spiro atoms. The van der Waals surface area contributed by atoms with E-state index in [1.165, 1.54) is 77.0 Å². The third kappa shape index (κ3) is 6.29. The van der Waals surface area contributed by atoms with E-state index in [4.69, 9.17) is 5.73 Å². The summed E-state index contributed by atoms with van der Waals surface area (Å²) >= 11 is 0. The zero-order valence-electron chi connectivity index (χ0n) is 13.7. The molecule has 1 nitrogen and oxygen atoms in total. The van der Waals surface area contributed by atoms with E-state index in [1.807, 2.05) is 0 Å². The molecular weight excluding hydrogens is 230 g/mol. The molecule has 1 fully saturated rings. The summed E-state index contributed by atoms with van der Waals surface area (Å²) < 4.78 is 0. The summed E-state index contributed by atoms with van der Waals surface area (Å²) in [5, 5.41) is 0. The number of rotatable bonds is 8. The molecule has 1 heteroatoms. The second-order valence-electron chi connectivity index (χ2n) is 7.07. The molecule has 1 aliphatic carbocycles. The van der Waals surface area contributed by atoms with Gasteiger partial charge in [0.05, 0.1) is 0 Å². The fourth-order valence-corrected chi connectivity index (χ4v) is 3.92. The topological polar surface area (TPSA) is 26.0 Å². The van der Waals surface area contributed by atoms with Gasteiger partial charge in [0.25, 0.3) is 0 Å². The molecule has 114 valence electrons. The van der Waals surface area contributed by atoms with Crippen LogP contribution in [0.5, 0.6) is 0 Å². The van der Waals surface area contributed by atoms with Crippen LogP contribution in [0.2, 0.25) is 0 Å². The standard InChI is InChI=1S/C18H37N/c1-4-7-10-16(6-3)15-18(19)13-8-11-17(9-5-2)12-14-18/h16-17H,4-15,19H2,1-3H3. The summed E-state index contributed by atoms with van der Waals surface area (Å²) in [5.74, 6) is 1.83. The van der Waals surface area contributed by atoms with Crippen molar-refractivity contribution in [3.8, 4) is 0 Å². The van der Waals surface area contributed by atoms with Gasteiger partial charge in [-0.2, -0.15) is 0 Å². The van der Waals surface area contributed by atoms with E-state index in [-0.39, 0.29) is 5.54 Å². The molecule has 0 radical (unpaired) electrons. The molecule has 0 amide bonds. The summed E-state index contributed by atoms with van der Waals surface area (Å²) in [7, 11) is 0. The Morgan fingerprint density at radius 2 is 1.89 bits per heavy atom. The van der Waals surface area contributed by atoms with Crippen LogP contribution in [0, 0.1) is 11.8 Å². The molecule has 0 bridgehead atoms. The maximum Gasteiger partial charge on any atom is 0.0157 e. The quantitative estimate of drug-likeness (QED) is 0.563. The van der Waals surface area contributed by atoms with Gasteiger partial charge in [0.15, 0.2) is 0 Å². The molecule has 3 atom stereocenters. The first-order valence-corrected chi connectivity index (χ1v) is 8.92. The van der Waals surface area contributed by atoms with Crippen molar-refractivity contribution in [2.24, 2.45) is 17.6 Å². The maximum absolute atomic E-state index is 6.77. The summed E-state index contributed by atoms with van der Waals surface area (Å²) in [4.78, 5) is 0. The Balaban J connectivity index is 2.45. The lowest BCUT2D eigenvalue weighted by Crippen LogP contribution is -2.41. The van der Waals surface area contributed by atoms with Crippen LogP contribution in [-0.4, -0.2) is 5.54 Å². The van der Waals surface area contributed by atoms with Crippen molar-refractivity contribution in [2.45, 2.75) is 103 Å². The first-order chi connectivity index (χ1) is 9.13. The first-order valence-electron chi connectivity index (χ1n) is 8.92. The van der Waals surface area contributed by atoms with E-state index in [0.29, 0.717) is 0 Å². The molecule has 0 aromatic carbocycles. The summed E-state index contributed by atoms with van der Waals surface area (Å²) in [5.41, 5.74) is 6.93. The van der Waals surface area contributed by atoms with Crippen LogP contribution >= 0.6 is 0 Å². The minimum atomic E-state index is 0.164. The van der Waals surface area contributed by atoms with Gasteiger partial charge in [-0.25, -0.2) is 0 Å². The number of nitrogens with two attached hydrogens (primary N) is 1. The van der Waals surface area contributed by atoms with Crippen LogP contribution < -0.4 is 5.73 Å². The Morgan fingerprint density at radius 1 is 1.11 bits per heavy atom. The zero-order chi connectivity index (χ0) is 14.1. The highest BCUT2D eigenvalue weighted by Gasteiger charge is 2.30. The smallest absolute Gasteiger partial charge is 0.0157 e. The number of unbranched alkanes of at least 4 members (excludes halogenated alkanes) is 1. The molecule has 1 saturated carbocycles. The van der Waals surface area contributed by atoms with Gasteiger partial charge in [0, 0.05) is 5.54 Å². The third-order valence-electron chi connectivity index (χ3n) is 5.27. The zero-order valence-corrected chi connectivity index (χ0v) is 13.7. The molecule has 0 saturated heterocycles. The minimum absolute atomic E-state index is 0.164. The Hall–Kier alpha value is -0.0400. The van der Waals surface area contributed by atoms with E-state index in [2.05, 4.69) is 20.8 Å². The molecule has 2 N–H and O–H groups in total. The summed E-state index contributed by atoms with van der Waals surface area (Å²) in [6.07, 6.45) is 16.2. The van der Waals surface area contributed by atoms with Crippen LogP contribution in [0.4, 0.5) is 0 Å². The Labute approximate surface area is 121 Å². The highest BCUT2D eigenvalue weighted by molar-refractivity contribution is 4.89. The monoisotopic (exact) mass is 267 g/mol. The predicted octanol–water partition coefficient (Wildman–Crippen LogP) is 5.67. The summed E-state index contributed by atoms with van der Waals surface area (Å²) in [6.45, 7) is 6.96. The minimum Gasteiger partial charge on any atom is -0.325 e. The third-order valence-corrected chi connectivity index (χ3v) is 5.27. The average molecular weight is 268 g/mol. The maximum atomic E-state index is 6.77. The molecule has 19 heavy (non-hydrogen) atoms. The van der Waals surface area contributed by atoms with Crippen molar-refractivity contribution in [3.63, 3.8) is 0 Å². The van der Waals surface area contributed by atoms with Crippen molar-refractivity contribution >= 4 is 0 Å². The van der Waals surface area contributed by atoms with Crippen LogP contribution in [0.25, 0.3) is 0 Å². The molecule has 0 aromatic rings. The fraction of sp³-hybridized carbons (Fsp3) is 1.00. The molecule has 1 rings (SSSR count). The van der Waals surface area contributed by atoms with Crippen LogP contribution in [0.1, 0.15) is 97.8 Å². The van der Waals surface area contributed by atoms with Gasteiger partial charge < -0.3 is 5.73 Å². The highest BCUT2D eigenvalue weighted by Crippen LogP contribution is 2.36. The van der Waals surface area contributed by atoms with Gasteiger partial charge in [0.1, 0.15) is 0 Å². The fourth-order valence-electron chi connectivity index (χ4n) is 3.92. The molecule has 0 aromatic heterocycles. The van der Waals surface area contributed by atoms with Crippen LogP contribution in [-0.2, 0) is 0 Å². The molecule has 1 aliphatic rings. The molecule has 0 aliphatic heterocycles. The summed E-state index contributed by atoms with van der Waals surface area (Å²) in [6, 6.07) is 0. The SMILES string of the molecule is CCCCC(CC)CC1(N)CCCC(CCC)CC1. The van der Waals surface area contributed by atoms with Crippen molar-refractivity contribution in [1.29, 1.82) is 0 Å². The average Bonchev–Trinajstić information content (AvgIpc) is 2.58. The van der Waals surface area contributed by atoms with Gasteiger partial charge in [-0.3, -0.25) is 0 Å². The second-order valence-corrected chi connectivity index (χ2v) is 7.07. The number of hydrogen-bond acceptors (Lipinski definition) is 1. The van der Waals surface area contributed by atoms with Gasteiger partial charge in [-0.05, 0) is 37.5 Å². The van der Waals surface area contributed by atoms with Crippen molar-refractivity contribution in [3.05, 3.63) is 0 Å². The van der Waals surface area contributed by atoms with Gasteiger partial charge >= 0.3 is 0 Å². The Kier molecular flexibility index (Phi) is 8.06. The molecule has 0 heterocycles. The van der Waals surface area contributed by atoms with Crippen molar-refractivity contribution in [2.75, 3.05) is 0 Å². The van der Waals surface area contributed by atoms with E-state index in [1.54, 1.807) is 0 Å². The number of hydrogen-bond donors (Lipinski definition) is 1. The Bertz CT molecular complexity index is 226. The lowest BCUT2D eigenvalue weighted by molar-refractivity contribution is 0.262. The first kappa shape index (κ1) is 17.0. The van der Waals surface area contributed by atoms with Gasteiger partial charge in [-0.1, -0.05) is 72.1 Å². The van der Waals surface area contributed by atoms with Crippen LogP contribution in [0.3, 0.4) is 0 Å². The van der Waals surface area contributed by atoms with E-state index < -0.39 is 0 Å². The van der Waals surface area contributed by atoms with E-state index in [0.717, 1.165) is 11.8 Å². The normalized spacial score (nSPS) is 30.0. The second kappa shape index (κ2) is 9.00. The van der Waals surface area contributed by atoms with E-state index >= 15 is 0 Å². The van der Waals surface area contributed by atoms with Gasteiger partial charge in [-0.15, -0.1) is 0 Å². The molecule has 3 unspecified atom stereocenters. The van der Waals surface area contributed by atoms with Crippen LogP contribution in [0.15, 0.2) is 0 Å². The lowest BCUT2D eigenvalue weighted by atomic mass is 9.79. The highest BCUT2D eigenvalue weighted by atomic mass is 14.7. The lowest BCUT2D eigenvalue weighted by Gasteiger charge is -2.32. The van der Waals surface area contributed by atoms with Crippen molar-refractivity contribution in [1.82, 2.24) is 0 Å². The van der Waals surface area contributed by atoms with Crippen molar-refractivity contribution < 1.29 is 0 Å². The molecular formula is C18H37N. The van der Waals surface area contributed by atoms with E-state index in [9.17, 15) is 0 Å². The predicted molar refractivity (Wildman–Crippen MR) is 86.3 cm³/mol.